The molecule has 2 aliphatic rings. The van der Waals surface area contributed by atoms with Crippen LogP contribution in [0.15, 0.2) is 41.1 Å². The lowest BCUT2D eigenvalue weighted by atomic mass is 9.95. The lowest BCUT2D eigenvalue weighted by Gasteiger charge is -2.37. The monoisotopic (exact) mass is 420 g/mol. The highest BCUT2D eigenvalue weighted by molar-refractivity contribution is 6.00. The zero-order valence-corrected chi connectivity index (χ0v) is 17.3. The van der Waals surface area contributed by atoms with Crippen molar-refractivity contribution < 1.29 is 14.1 Å². The standard InChI is InChI=1S/C22H24N6O3/c1-14(29)27-9-7-16(8-10-27)20-24-21(31-26-20)17-12-28(13-17)22(30)18-11-23-25-19(18)15-5-3-2-4-6-15/h2-6,11,16-17H,7-10,12-13H2,1H3,(H,23,25). The fourth-order valence-electron chi connectivity index (χ4n) is 4.28. The first kappa shape index (κ1) is 19.5. The number of likely N-dealkylation sites (tertiary alicyclic amines) is 2. The third-order valence-electron chi connectivity index (χ3n) is 6.21. The summed E-state index contributed by atoms with van der Waals surface area (Å²) in [5, 5.41) is 11.2. The van der Waals surface area contributed by atoms with Crippen LogP contribution in [0.1, 0.15) is 53.7 Å². The van der Waals surface area contributed by atoms with Crippen molar-refractivity contribution in [3.63, 3.8) is 0 Å². The number of hydrogen-bond acceptors (Lipinski definition) is 6. The molecule has 0 aliphatic carbocycles. The van der Waals surface area contributed by atoms with E-state index in [9.17, 15) is 9.59 Å². The fraction of sp³-hybridized carbons (Fsp3) is 0.409. The number of piperidine rings is 1. The molecule has 1 N–H and O–H groups in total. The molecule has 0 atom stereocenters. The summed E-state index contributed by atoms with van der Waals surface area (Å²) in [6, 6.07) is 9.70. The Labute approximate surface area is 179 Å². The number of amides is 2. The number of H-pyrrole nitrogens is 1. The summed E-state index contributed by atoms with van der Waals surface area (Å²) in [5.41, 5.74) is 2.22. The maximum Gasteiger partial charge on any atom is 0.257 e. The van der Waals surface area contributed by atoms with Gasteiger partial charge in [0.05, 0.1) is 23.4 Å². The van der Waals surface area contributed by atoms with Crippen LogP contribution in [0.25, 0.3) is 11.3 Å². The van der Waals surface area contributed by atoms with Crippen molar-refractivity contribution >= 4 is 11.8 Å². The van der Waals surface area contributed by atoms with Crippen LogP contribution in [0.4, 0.5) is 0 Å². The van der Waals surface area contributed by atoms with E-state index in [4.69, 9.17) is 4.52 Å². The van der Waals surface area contributed by atoms with Crippen molar-refractivity contribution in [2.45, 2.75) is 31.6 Å². The lowest BCUT2D eigenvalue weighted by molar-refractivity contribution is -0.129. The van der Waals surface area contributed by atoms with Crippen LogP contribution in [0, 0.1) is 0 Å². The Balaban J connectivity index is 1.20. The van der Waals surface area contributed by atoms with Gasteiger partial charge in [-0.2, -0.15) is 10.1 Å². The SMILES string of the molecule is CC(=O)N1CCC(c2noc(C3CN(C(=O)c4cn[nH]c4-c4ccccc4)C3)n2)CC1. The number of hydrogen-bond donors (Lipinski definition) is 1. The van der Waals surface area contributed by atoms with Gasteiger partial charge in [-0.25, -0.2) is 0 Å². The highest BCUT2D eigenvalue weighted by Gasteiger charge is 2.38. The van der Waals surface area contributed by atoms with Gasteiger partial charge in [-0.3, -0.25) is 14.7 Å². The Morgan fingerprint density at radius 3 is 2.52 bits per heavy atom. The molecule has 160 valence electrons. The van der Waals surface area contributed by atoms with Gasteiger partial charge in [0, 0.05) is 44.6 Å². The Morgan fingerprint density at radius 1 is 1.06 bits per heavy atom. The Hall–Kier alpha value is -3.49. The summed E-state index contributed by atoms with van der Waals surface area (Å²) in [7, 11) is 0. The summed E-state index contributed by atoms with van der Waals surface area (Å²) in [5.74, 6) is 1.62. The van der Waals surface area contributed by atoms with E-state index >= 15 is 0 Å². The largest absolute Gasteiger partial charge is 0.343 e. The molecule has 4 heterocycles. The summed E-state index contributed by atoms with van der Waals surface area (Å²) >= 11 is 0. The van der Waals surface area contributed by atoms with Crippen LogP contribution in [-0.4, -0.2) is 68.1 Å². The molecule has 2 saturated heterocycles. The maximum atomic E-state index is 13.0. The second kappa shape index (κ2) is 7.98. The number of aromatic amines is 1. The van der Waals surface area contributed by atoms with Crippen molar-refractivity contribution in [2.24, 2.45) is 0 Å². The van der Waals surface area contributed by atoms with Gasteiger partial charge in [0.1, 0.15) is 0 Å². The molecule has 1 aromatic carbocycles. The van der Waals surface area contributed by atoms with Crippen molar-refractivity contribution in [1.29, 1.82) is 0 Å². The summed E-state index contributed by atoms with van der Waals surface area (Å²) < 4.78 is 5.51. The molecule has 9 nitrogen and oxygen atoms in total. The number of nitrogens with one attached hydrogen (secondary N) is 1. The molecule has 9 heteroatoms. The quantitative estimate of drug-likeness (QED) is 0.694. The molecule has 0 radical (unpaired) electrons. The molecule has 0 spiro atoms. The molecule has 0 bridgehead atoms. The minimum atomic E-state index is -0.0554. The number of carbonyl (C=O) groups excluding carboxylic acids is 2. The van der Waals surface area contributed by atoms with Gasteiger partial charge in [0.2, 0.25) is 11.8 Å². The second-order valence-electron chi connectivity index (χ2n) is 8.20. The van der Waals surface area contributed by atoms with Gasteiger partial charge in [-0.15, -0.1) is 0 Å². The highest BCUT2D eigenvalue weighted by atomic mass is 16.5. The van der Waals surface area contributed by atoms with Crippen LogP contribution in [0.5, 0.6) is 0 Å². The van der Waals surface area contributed by atoms with Gasteiger partial charge < -0.3 is 14.3 Å². The van der Waals surface area contributed by atoms with E-state index in [1.54, 1.807) is 18.0 Å². The molecule has 0 saturated carbocycles. The minimum Gasteiger partial charge on any atom is -0.343 e. The molecular weight excluding hydrogens is 396 g/mol. The summed E-state index contributed by atoms with van der Waals surface area (Å²) in [6.45, 7) is 4.14. The molecule has 3 aromatic rings. The third kappa shape index (κ3) is 3.71. The van der Waals surface area contributed by atoms with Gasteiger partial charge >= 0.3 is 0 Å². The predicted octanol–water partition coefficient (Wildman–Crippen LogP) is 2.43. The maximum absolute atomic E-state index is 13.0. The Bertz CT molecular complexity index is 1080. The van der Waals surface area contributed by atoms with Crippen LogP contribution in [0.2, 0.25) is 0 Å². The van der Waals surface area contributed by atoms with Crippen molar-refractivity contribution in [1.82, 2.24) is 30.1 Å². The molecule has 2 aromatic heterocycles. The number of rotatable bonds is 4. The summed E-state index contributed by atoms with van der Waals surface area (Å²) in [6.07, 6.45) is 3.27. The van der Waals surface area contributed by atoms with Gasteiger partial charge in [-0.1, -0.05) is 35.5 Å². The van der Waals surface area contributed by atoms with Crippen molar-refractivity contribution in [2.75, 3.05) is 26.2 Å². The van der Waals surface area contributed by atoms with Crippen molar-refractivity contribution in [3.8, 4) is 11.3 Å². The molecule has 0 unspecified atom stereocenters. The van der Waals surface area contributed by atoms with Crippen LogP contribution in [0.3, 0.4) is 0 Å². The second-order valence-corrected chi connectivity index (χ2v) is 8.20. The van der Waals surface area contributed by atoms with Gasteiger partial charge in [0.25, 0.3) is 5.91 Å². The number of aromatic nitrogens is 4. The van der Waals surface area contributed by atoms with Crippen LogP contribution < -0.4 is 0 Å². The van der Waals surface area contributed by atoms with E-state index < -0.39 is 0 Å². The topological polar surface area (TPSA) is 108 Å². The van der Waals surface area contributed by atoms with Crippen LogP contribution >= 0.6 is 0 Å². The molecule has 5 rings (SSSR count). The highest BCUT2D eigenvalue weighted by Crippen LogP contribution is 2.32. The smallest absolute Gasteiger partial charge is 0.257 e. The first-order valence-corrected chi connectivity index (χ1v) is 10.6. The van der Waals surface area contributed by atoms with E-state index in [-0.39, 0.29) is 23.7 Å². The average molecular weight is 420 g/mol. The molecule has 2 fully saturated rings. The number of carbonyl (C=O) groups is 2. The van der Waals surface area contributed by atoms with E-state index in [0.717, 1.165) is 37.2 Å². The van der Waals surface area contributed by atoms with E-state index in [0.29, 0.717) is 30.4 Å². The van der Waals surface area contributed by atoms with Gasteiger partial charge in [-0.05, 0) is 12.8 Å². The number of nitrogens with zero attached hydrogens (tertiary/aromatic N) is 5. The van der Waals surface area contributed by atoms with Crippen molar-refractivity contribution in [3.05, 3.63) is 53.8 Å². The molecule has 2 amide bonds. The Kier molecular flexibility index (Phi) is 5.01. The average Bonchev–Trinajstić information content (AvgIpc) is 3.43. The zero-order chi connectivity index (χ0) is 21.4. The third-order valence-corrected chi connectivity index (χ3v) is 6.21. The van der Waals surface area contributed by atoms with Crippen LogP contribution in [-0.2, 0) is 4.79 Å². The molecule has 31 heavy (non-hydrogen) atoms. The van der Waals surface area contributed by atoms with E-state index in [1.807, 2.05) is 35.2 Å². The van der Waals surface area contributed by atoms with E-state index in [1.165, 1.54) is 0 Å². The zero-order valence-electron chi connectivity index (χ0n) is 17.3. The molecular formula is C22H24N6O3. The minimum absolute atomic E-state index is 0.0505. The summed E-state index contributed by atoms with van der Waals surface area (Å²) in [4.78, 5) is 32.7. The normalized spacial score (nSPS) is 17.6. The first-order chi connectivity index (χ1) is 15.1. The molecule has 2 aliphatic heterocycles. The lowest BCUT2D eigenvalue weighted by Crippen LogP contribution is -2.48. The van der Waals surface area contributed by atoms with Gasteiger partial charge in [0.15, 0.2) is 5.82 Å². The number of benzene rings is 1. The predicted molar refractivity (Wildman–Crippen MR) is 111 cm³/mol. The fourth-order valence-corrected chi connectivity index (χ4v) is 4.28. The first-order valence-electron chi connectivity index (χ1n) is 10.6. The Morgan fingerprint density at radius 2 is 1.81 bits per heavy atom. The van der Waals surface area contributed by atoms with E-state index in [2.05, 4.69) is 20.3 Å².